The third-order valence-corrected chi connectivity index (χ3v) is 6.72. The Morgan fingerprint density at radius 2 is 1.53 bits per heavy atom. The van der Waals surface area contributed by atoms with E-state index in [0.717, 1.165) is 5.56 Å². The highest BCUT2D eigenvalue weighted by Gasteiger charge is 2.57. The predicted octanol–water partition coefficient (Wildman–Crippen LogP) is 3.15. The summed E-state index contributed by atoms with van der Waals surface area (Å²) in [5.41, 5.74) is 9.02. The highest BCUT2D eigenvalue weighted by molar-refractivity contribution is 5.82. The van der Waals surface area contributed by atoms with Gasteiger partial charge < -0.3 is 20.1 Å². The van der Waals surface area contributed by atoms with Gasteiger partial charge in [0.1, 0.15) is 6.10 Å². The van der Waals surface area contributed by atoms with Crippen LogP contribution in [0, 0.1) is 0 Å². The first kappa shape index (κ1) is 22.7. The summed E-state index contributed by atoms with van der Waals surface area (Å²) in [7, 11) is 1.77. The second-order valence-electron chi connectivity index (χ2n) is 9.02. The topological polar surface area (TPSA) is 68.0 Å². The maximum Gasteiger partial charge on any atom is 0.254 e. The number of rotatable bonds is 7. The van der Waals surface area contributed by atoms with Gasteiger partial charge in [0.2, 0.25) is 5.79 Å². The van der Waals surface area contributed by atoms with E-state index < -0.39 is 18.0 Å². The van der Waals surface area contributed by atoms with E-state index in [0.29, 0.717) is 26.2 Å². The molecule has 0 aliphatic carbocycles. The van der Waals surface area contributed by atoms with Crippen molar-refractivity contribution in [3.8, 4) is 0 Å². The number of fused-ring (bicyclic) bond motifs is 2. The Morgan fingerprint density at radius 3 is 2.09 bits per heavy atom. The number of benzene rings is 3. The van der Waals surface area contributed by atoms with Crippen LogP contribution in [0.1, 0.15) is 22.7 Å². The van der Waals surface area contributed by atoms with Crippen LogP contribution in [0.25, 0.3) is 0 Å². The number of nitrogens with zero attached hydrogens (tertiary/aromatic N) is 2. The smallest absolute Gasteiger partial charge is 0.254 e. The van der Waals surface area contributed by atoms with Gasteiger partial charge in [-0.15, -0.1) is 0 Å². The maximum absolute atomic E-state index is 13.3. The van der Waals surface area contributed by atoms with Crippen LogP contribution in [-0.2, 0) is 20.1 Å². The van der Waals surface area contributed by atoms with Crippen molar-refractivity contribution in [3.63, 3.8) is 0 Å². The van der Waals surface area contributed by atoms with E-state index in [9.17, 15) is 4.79 Å². The van der Waals surface area contributed by atoms with E-state index in [1.165, 1.54) is 11.1 Å². The quantitative estimate of drug-likeness (QED) is 0.590. The zero-order valence-electron chi connectivity index (χ0n) is 19.4. The molecule has 2 aliphatic heterocycles. The molecule has 5 rings (SSSR count). The summed E-state index contributed by atoms with van der Waals surface area (Å²) in [4.78, 5) is 17.3. The van der Waals surface area contributed by atoms with Crippen molar-refractivity contribution in [2.75, 3.05) is 33.2 Å². The molecule has 0 saturated carbocycles. The van der Waals surface area contributed by atoms with Crippen LogP contribution in [0.2, 0.25) is 0 Å². The average Bonchev–Trinajstić information content (AvgIpc) is 3.16. The minimum Gasteiger partial charge on any atom is -0.342 e. The van der Waals surface area contributed by atoms with Crippen LogP contribution in [0.5, 0.6) is 0 Å². The number of hydrogen-bond acceptors (Lipinski definition) is 5. The van der Waals surface area contributed by atoms with Crippen molar-refractivity contribution < 1.29 is 14.3 Å². The molecule has 1 amide bonds. The van der Waals surface area contributed by atoms with Crippen molar-refractivity contribution in [2.45, 2.75) is 24.0 Å². The molecule has 0 radical (unpaired) electrons. The van der Waals surface area contributed by atoms with Crippen LogP contribution in [0.15, 0.2) is 91.0 Å². The molecule has 2 fully saturated rings. The Hall–Kier alpha value is -3.03. The molecule has 6 heteroatoms. The maximum atomic E-state index is 13.3. The molecule has 0 aromatic heterocycles. The third-order valence-electron chi connectivity index (χ3n) is 6.72. The van der Waals surface area contributed by atoms with Crippen LogP contribution in [0.3, 0.4) is 0 Å². The lowest BCUT2D eigenvalue weighted by Gasteiger charge is -2.42. The monoisotopic (exact) mass is 457 g/mol. The Balaban J connectivity index is 1.55. The van der Waals surface area contributed by atoms with Crippen molar-refractivity contribution in [3.05, 3.63) is 108 Å². The van der Waals surface area contributed by atoms with Gasteiger partial charge in [0.25, 0.3) is 5.91 Å². The second-order valence-corrected chi connectivity index (χ2v) is 9.02. The lowest BCUT2D eigenvalue weighted by atomic mass is 9.94. The Labute approximate surface area is 200 Å². The van der Waals surface area contributed by atoms with Gasteiger partial charge in [-0.3, -0.25) is 9.69 Å². The average molecular weight is 458 g/mol. The molecule has 34 heavy (non-hydrogen) atoms. The van der Waals surface area contributed by atoms with Gasteiger partial charge in [0.05, 0.1) is 12.6 Å². The molecule has 6 nitrogen and oxygen atoms in total. The molecular formula is C28H31N3O3. The van der Waals surface area contributed by atoms with Gasteiger partial charge in [0.15, 0.2) is 6.10 Å². The SMILES string of the molecule is CN(CCN)C(=O)[C@@H]1O[C@@]2(c3ccccc3)CN(C(c3ccccc3)c3ccccc3)C[C@@H]1O2. The van der Waals surface area contributed by atoms with Crippen molar-refractivity contribution in [2.24, 2.45) is 5.73 Å². The summed E-state index contributed by atoms with van der Waals surface area (Å²) in [6.07, 6.45) is -1.08. The zero-order chi connectivity index (χ0) is 23.5. The first-order valence-electron chi connectivity index (χ1n) is 11.8. The lowest BCUT2D eigenvalue weighted by Crippen LogP contribution is -2.52. The lowest BCUT2D eigenvalue weighted by molar-refractivity contribution is -0.220. The number of amides is 1. The summed E-state index contributed by atoms with van der Waals surface area (Å²) in [5.74, 6) is -1.11. The third kappa shape index (κ3) is 4.26. The van der Waals surface area contributed by atoms with Crippen LogP contribution in [0.4, 0.5) is 0 Å². The fourth-order valence-electron chi connectivity index (χ4n) is 5.12. The summed E-state index contributed by atoms with van der Waals surface area (Å²) in [6.45, 7) is 1.97. The molecule has 3 atom stereocenters. The summed E-state index contributed by atoms with van der Waals surface area (Å²) >= 11 is 0. The van der Waals surface area contributed by atoms with Gasteiger partial charge >= 0.3 is 0 Å². The highest BCUT2D eigenvalue weighted by Crippen LogP contribution is 2.45. The highest BCUT2D eigenvalue weighted by atomic mass is 16.8. The van der Waals surface area contributed by atoms with E-state index in [1.807, 2.05) is 42.5 Å². The molecule has 2 saturated heterocycles. The van der Waals surface area contributed by atoms with E-state index in [1.54, 1.807) is 11.9 Å². The standard InChI is InChI=1S/C28H31N3O3/c1-30(18-17-29)27(32)26-24-19-31(20-28(33-24,34-26)23-15-9-4-10-16-23)25(21-11-5-2-6-12-21)22-13-7-3-8-14-22/h2-16,24-26H,17-20,29H2,1H3/t24-,26+,28+/m0/s1. The van der Waals surface area contributed by atoms with Gasteiger partial charge in [-0.25, -0.2) is 0 Å². The minimum atomic E-state index is -1.02. The molecular weight excluding hydrogens is 426 g/mol. The van der Waals surface area contributed by atoms with Gasteiger partial charge in [-0.2, -0.15) is 0 Å². The van der Waals surface area contributed by atoms with E-state index in [-0.39, 0.29) is 11.9 Å². The molecule has 3 aromatic carbocycles. The van der Waals surface area contributed by atoms with E-state index in [4.69, 9.17) is 15.2 Å². The van der Waals surface area contributed by atoms with Gasteiger partial charge in [-0.1, -0.05) is 91.0 Å². The van der Waals surface area contributed by atoms with Crippen molar-refractivity contribution in [1.82, 2.24) is 9.80 Å². The molecule has 2 aliphatic rings. The fourth-order valence-corrected chi connectivity index (χ4v) is 5.12. The largest absolute Gasteiger partial charge is 0.342 e. The van der Waals surface area contributed by atoms with Crippen molar-refractivity contribution >= 4 is 5.91 Å². The molecule has 2 N–H and O–H groups in total. The fraction of sp³-hybridized carbons (Fsp3) is 0.321. The first-order chi connectivity index (χ1) is 16.6. The summed E-state index contributed by atoms with van der Waals surface area (Å²) in [5, 5.41) is 0. The van der Waals surface area contributed by atoms with Gasteiger partial charge in [0, 0.05) is 32.2 Å². The second kappa shape index (κ2) is 9.68. The Morgan fingerprint density at radius 1 is 0.971 bits per heavy atom. The molecule has 0 unspecified atom stereocenters. The van der Waals surface area contributed by atoms with Crippen LogP contribution >= 0.6 is 0 Å². The molecule has 0 spiro atoms. The number of morpholine rings is 1. The molecule has 2 bridgehead atoms. The summed E-state index contributed by atoms with van der Waals surface area (Å²) in [6, 6.07) is 30.9. The normalized spacial score (nSPS) is 24.3. The number of carbonyl (C=O) groups excluding carboxylic acids is 1. The Kier molecular flexibility index (Phi) is 6.48. The van der Waals surface area contributed by atoms with E-state index in [2.05, 4.69) is 53.4 Å². The number of nitrogens with two attached hydrogens (primary N) is 1. The predicted molar refractivity (Wildman–Crippen MR) is 131 cm³/mol. The first-order valence-corrected chi connectivity index (χ1v) is 11.8. The zero-order valence-corrected chi connectivity index (χ0v) is 19.4. The van der Waals surface area contributed by atoms with Gasteiger partial charge in [-0.05, 0) is 11.1 Å². The van der Waals surface area contributed by atoms with Crippen LogP contribution in [-0.4, -0.2) is 61.1 Å². The van der Waals surface area contributed by atoms with Crippen molar-refractivity contribution in [1.29, 1.82) is 0 Å². The molecule has 176 valence electrons. The number of ether oxygens (including phenoxy) is 2. The summed E-state index contributed by atoms with van der Waals surface area (Å²) < 4.78 is 13.1. The van der Waals surface area contributed by atoms with Crippen LogP contribution < -0.4 is 5.73 Å². The Bertz CT molecular complexity index is 1060. The number of hydrogen-bond donors (Lipinski definition) is 1. The number of likely N-dealkylation sites (N-methyl/N-ethyl adjacent to an activating group) is 1. The van der Waals surface area contributed by atoms with E-state index >= 15 is 0 Å². The number of carbonyl (C=O) groups is 1. The molecule has 2 heterocycles. The molecule has 3 aromatic rings. The minimum absolute atomic E-state index is 0.0103.